The van der Waals surface area contributed by atoms with Gasteiger partial charge in [0.15, 0.2) is 11.6 Å². The Morgan fingerprint density at radius 3 is 2.85 bits per heavy atom. The van der Waals surface area contributed by atoms with Crippen molar-refractivity contribution < 1.29 is 13.9 Å². The second kappa shape index (κ2) is 8.64. The van der Waals surface area contributed by atoms with E-state index in [1.807, 2.05) is 23.9 Å². The zero-order valence-corrected chi connectivity index (χ0v) is 15.6. The fourth-order valence-electron chi connectivity index (χ4n) is 3.55. The van der Waals surface area contributed by atoms with Gasteiger partial charge < -0.3 is 24.8 Å². The summed E-state index contributed by atoms with van der Waals surface area (Å²) in [4.78, 5) is 22.4. The fourth-order valence-corrected chi connectivity index (χ4v) is 3.55. The number of urea groups is 1. The number of halogens is 1. The van der Waals surface area contributed by atoms with E-state index in [1.54, 1.807) is 6.20 Å². The first-order valence-corrected chi connectivity index (χ1v) is 9.17. The molecule has 3 heterocycles. The van der Waals surface area contributed by atoms with Crippen LogP contribution in [0, 0.1) is 11.7 Å². The number of aromatic nitrogens is 1. The van der Waals surface area contributed by atoms with Gasteiger partial charge in [0.1, 0.15) is 0 Å². The quantitative estimate of drug-likeness (QED) is 0.848. The number of hydrogen-bond acceptors (Lipinski definition) is 5. The molecule has 1 N–H and O–H groups in total. The lowest BCUT2D eigenvalue weighted by atomic mass is 10.1. The van der Waals surface area contributed by atoms with Crippen molar-refractivity contribution in [3.05, 3.63) is 23.6 Å². The minimum absolute atomic E-state index is 0.0936. The molecular formula is C18H28FN5O2. The van der Waals surface area contributed by atoms with Gasteiger partial charge in [-0.1, -0.05) is 0 Å². The molecule has 26 heavy (non-hydrogen) atoms. The van der Waals surface area contributed by atoms with Crippen molar-refractivity contribution in [3.8, 4) is 0 Å². The van der Waals surface area contributed by atoms with Crippen LogP contribution in [0.1, 0.15) is 12.0 Å². The number of ether oxygens (including phenoxy) is 1. The molecule has 2 fully saturated rings. The predicted molar refractivity (Wildman–Crippen MR) is 97.7 cm³/mol. The smallest absolute Gasteiger partial charge is 0.317 e. The predicted octanol–water partition coefficient (Wildman–Crippen LogP) is 1.15. The molecule has 2 aliphatic heterocycles. The van der Waals surface area contributed by atoms with E-state index in [0.717, 1.165) is 26.1 Å². The molecule has 1 unspecified atom stereocenters. The number of nitrogens with one attached hydrogen (secondary N) is 1. The zero-order valence-electron chi connectivity index (χ0n) is 15.6. The molecule has 1 aromatic heterocycles. The zero-order chi connectivity index (χ0) is 18.5. The van der Waals surface area contributed by atoms with Crippen LogP contribution < -0.4 is 10.2 Å². The summed E-state index contributed by atoms with van der Waals surface area (Å²) >= 11 is 0. The van der Waals surface area contributed by atoms with E-state index < -0.39 is 0 Å². The number of likely N-dealkylation sites (tertiary alicyclic amines) is 1. The maximum atomic E-state index is 14.4. The number of carbonyl (C=O) groups excluding carboxylic acids is 1. The minimum Gasteiger partial charge on any atom is -0.378 e. The summed E-state index contributed by atoms with van der Waals surface area (Å²) in [6, 6.07) is 1.36. The average molecular weight is 365 g/mol. The molecule has 0 aromatic carbocycles. The second-order valence-electron chi connectivity index (χ2n) is 7.27. The maximum Gasteiger partial charge on any atom is 0.317 e. The van der Waals surface area contributed by atoms with E-state index in [-0.39, 0.29) is 18.4 Å². The van der Waals surface area contributed by atoms with E-state index in [0.29, 0.717) is 43.6 Å². The average Bonchev–Trinajstić information content (AvgIpc) is 3.08. The molecule has 1 atom stereocenters. The summed E-state index contributed by atoms with van der Waals surface area (Å²) in [7, 11) is 4.09. The molecule has 2 amide bonds. The van der Waals surface area contributed by atoms with Gasteiger partial charge in [-0.15, -0.1) is 0 Å². The van der Waals surface area contributed by atoms with Gasteiger partial charge in [0.05, 0.1) is 13.2 Å². The Morgan fingerprint density at radius 1 is 1.38 bits per heavy atom. The van der Waals surface area contributed by atoms with Crippen LogP contribution in [0.15, 0.2) is 12.3 Å². The number of rotatable bonds is 5. The largest absolute Gasteiger partial charge is 0.378 e. The van der Waals surface area contributed by atoms with Crippen LogP contribution in [0.25, 0.3) is 0 Å². The van der Waals surface area contributed by atoms with E-state index in [2.05, 4.69) is 15.2 Å². The molecule has 7 nitrogen and oxygen atoms in total. The first-order valence-electron chi connectivity index (χ1n) is 9.17. The molecule has 0 aliphatic carbocycles. The third kappa shape index (κ3) is 4.82. The van der Waals surface area contributed by atoms with Crippen LogP contribution in [0.4, 0.5) is 15.0 Å². The van der Waals surface area contributed by atoms with Crippen molar-refractivity contribution in [1.82, 2.24) is 20.1 Å². The summed E-state index contributed by atoms with van der Waals surface area (Å²) in [5.74, 6) is 0.517. The SMILES string of the molecule is CN(C)CC1CCN(C(=O)NCc2cnc(N3CCOCC3)c(F)c2)C1. The number of pyridine rings is 1. The molecule has 3 rings (SSSR count). The summed E-state index contributed by atoms with van der Waals surface area (Å²) in [5, 5.41) is 2.87. The van der Waals surface area contributed by atoms with Gasteiger partial charge in [0.25, 0.3) is 0 Å². The first kappa shape index (κ1) is 18.8. The van der Waals surface area contributed by atoms with Gasteiger partial charge in [-0.2, -0.15) is 0 Å². The van der Waals surface area contributed by atoms with Gasteiger partial charge in [0, 0.05) is 45.5 Å². The molecule has 0 saturated carbocycles. The Hall–Kier alpha value is -1.93. The molecule has 2 saturated heterocycles. The second-order valence-corrected chi connectivity index (χ2v) is 7.27. The molecule has 1 aromatic rings. The Bertz CT molecular complexity index is 622. The lowest BCUT2D eigenvalue weighted by molar-refractivity contribution is 0.122. The highest BCUT2D eigenvalue weighted by molar-refractivity contribution is 5.74. The summed E-state index contributed by atoms with van der Waals surface area (Å²) in [6.07, 6.45) is 2.66. The van der Waals surface area contributed by atoms with Crippen LogP contribution in [-0.4, -0.2) is 80.8 Å². The molecule has 8 heteroatoms. The van der Waals surface area contributed by atoms with Gasteiger partial charge in [0.2, 0.25) is 0 Å². The number of nitrogens with zero attached hydrogens (tertiary/aromatic N) is 4. The van der Waals surface area contributed by atoms with Crippen molar-refractivity contribution in [2.24, 2.45) is 5.92 Å². The van der Waals surface area contributed by atoms with E-state index >= 15 is 0 Å². The fraction of sp³-hybridized carbons (Fsp3) is 0.667. The van der Waals surface area contributed by atoms with Gasteiger partial charge >= 0.3 is 6.03 Å². The Morgan fingerprint density at radius 2 is 2.15 bits per heavy atom. The molecule has 0 radical (unpaired) electrons. The van der Waals surface area contributed by atoms with Gasteiger partial charge in [-0.25, -0.2) is 14.2 Å². The van der Waals surface area contributed by atoms with Crippen LogP contribution in [0.3, 0.4) is 0 Å². The Labute approximate surface area is 154 Å². The van der Waals surface area contributed by atoms with E-state index in [4.69, 9.17) is 4.74 Å². The third-order valence-electron chi connectivity index (χ3n) is 4.83. The number of carbonyl (C=O) groups is 1. The highest BCUT2D eigenvalue weighted by Crippen LogP contribution is 2.19. The molecule has 0 spiro atoms. The number of hydrogen-bond donors (Lipinski definition) is 1. The normalized spacial score (nSPS) is 20.7. The molecular weight excluding hydrogens is 337 g/mol. The topological polar surface area (TPSA) is 60.9 Å². The number of amides is 2. The number of morpholine rings is 1. The lowest BCUT2D eigenvalue weighted by Gasteiger charge is -2.28. The van der Waals surface area contributed by atoms with Crippen LogP contribution >= 0.6 is 0 Å². The standard InChI is InChI=1S/C18H28FN5O2/c1-22(2)12-14-3-4-24(13-14)18(25)21-11-15-9-16(19)17(20-10-15)23-5-7-26-8-6-23/h9-10,14H,3-8,11-13H2,1-2H3,(H,21,25). The van der Waals surface area contributed by atoms with Crippen molar-refractivity contribution >= 4 is 11.8 Å². The van der Waals surface area contributed by atoms with Crippen LogP contribution in [0.5, 0.6) is 0 Å². The van der Waals surface area contributed by atoms with Crippen molar-refractivity contribution in [2.45, 2.75) is 13.0 Å². The first-order chi connectivity index (χ1) is 12.5. The highest BCUT2D eigenvalue weighted by Gasteiger charge is 2.26. The number of anilines is 1. The van der Waals surface area contributed by atoms with E-state index in [1.165, 1.54) is 6.07 Å². The van der Waals surface area contributed by atoms with Gasteiger partial charge in [-0.05, 0) is 38.1 Å². The highest BCUT2D eigenvalue weighted by atomic mass is 19.1. The Kier molecular flexibility index (Phi) is 6.26. The summed E-state index contributed by atoms with van der Waals surface area (Å²) < 4.78 is 19.6. The van der Waals surface area contributed by atoms with E-state index in [9.17, 15) is 9.18 Å². The lowest BCUT2D eigenvalue weighted by Crippen LogP contribution is -2.39. The van der Waals surface area contributed by atoms with Crippen LogP contribution in [-0.2, 0) is 11.3 Å². The summed E-state index contributed by atoms with van der Waals surface area (Å²) in [6.45, 7) is 5.27. The Balaban J connectivity index is 1.50. The molecule has 2 aliphatic rings. The summed E-state index contributed by atoms with van der Waals surface area (Å²) in [5.41, 5.74) is 0.664. The van der Waals surface area contributed by atoms with Crippen molar-refractivity contribution in [1.29, 1.82) is 0 Å². The monoisotopic (exact) mass is 365 g/mol. The molecule has 0 bridgehead atoms. The van der Waals surface area contributed by atoms with Crippen molar-refractivity contribution in [2.75, 3.05) is 64.9 Å². The third-order valence-corrected chi connectivity index (χ3v) is 4.83. The van der Waals surface area contributed by atoms with Crippen molar-refractivity contribution in [3.63, 3.8) is 0 Å². The van der Waals surface area contributed by atoms with Gasteiger partial charge in [-0.3, -0.25) is 0 Å². The maximum absolute atomic E-state index is 14.4. The minimum atomic E-state index is -0.356. The molecule has 144 valence electrons. The van der Waals surface area contributed by atoms with Crippen LogP contribution in [0.2, 0.25) is 0 Å².